The largest absolute Gasteiger partial charge is 0.354 e. The number of allylic oxidation sites excluding steroid dienone is 2. The molecule has 2 unspecified atom stereocenters. The lowest BCUT2D eigenvalue weighted by Crippen LogP contribution is -2.42. The number of rotatable bonds is 4. The van der Waals surface area contributed by atoms with Gasteiger partial charge in [-0.05, 0) is 31.6 Å². The van der Waals surface area contributed by atoms with Crippen molar-refractivity contribution >= 4 is 17.7 Å². The summed E-state index contributed by atoms with van der Waals surface area (Å²) in [6.45, 7) is 0.556. The summed E-state index contributed by atoms with van der Waals surface area (Å²) in [6, 6.07) is 0. The van der Waals surface area contributed by atoms with Gasteiger partial charge in [0.25, 0.3) is 0 Å². The van der Waals surface area contributed by atoms with E-state index in [0.717, 1.165) is 12.8 Å². The van der Waals surface area contributed by atoms with Gasteiger partial charge in [-0.15, -0.1) is 0 Å². The molecule has 0 radical (unpaired) electrons. The average molecular weight is 304 g/mol. The molecular weight excluding hydrogens is 280 g/mol. The number of hydrogen-bond acceptors (Lipinski definition) is 3. The number of nitrogens with one attached hydrogen (secondary N) is 1. The Morgan fingerprint density at radius 1 is 1.05 bits per heavy atom. The maximum atomic E-state index is 12.3. The lowest BCUT2D eigenvalue weighted by Gasteiger charge is -2.22. The van der Waals surface area contributed by atoms with Crippen LogP contribution in [0.4, 0.5) is 0 Å². The van der Waals surface area contributed by atoms with Crippen LogP contribution < -0.4 is 5.32 Å². The minimum atomic E-state index is -0.247. The molecule has 3 aliphatic rings. The van der Waals surface area contributed by atoms with Crippen LogP contribution in [-0.2, 0) is 14.4 Å². The first-order chi connectivity index (χ1) is 10.7. The normalized spacial score (nSPS) is 28.8. The third kappa shape index (κ3) is 3.08. The zero-order chi connectivity index (χ0) is 15.5. The van der Waals surface area contributed by atoms with E-state index in [4.69, 9.17) is 0 Å². The number of likely N-dealkylation sites (tertiary alicyclic amines) is 1. The smallest absolute Gasteiger partial charge is 0.240 e. The van der Waals surface area contributed by atoms with Gasteiger partial charge in [0, 0.05) is 6.54 Å². The summed E-state index contributed by atoms with van der Waals surface area (Å²) < 4.78 is 0. The summed E-state index contributed by atoms with van der Waals surface area (Å²) in [6.07, 6.45) is 11.2. The van der Waals surface area contributed by atoms with Crippen molar-refractivity contribution < 1.29 is 14.4 Å². The molecule has 0 aromatic rings. The van der Waals surface area contributed by atoms with Crippen LogP contribution in [0.3, 0.4) is 0 Å². The highest BCUT2D eigenvalue weighted by Crippen LogP contribution is 2.34. The van der Waals surface area contributed by atoms with Gasteiger partial charge in [0.05, 0.1) is 11.8 Å². The zero-order valence-electron chi connectivity index (χ0n) is 12.9. The lowest BCUT2D eigenvalue weighted by molar-refractivity contribution is -0.143. The number of amides is 3. The lowest BCUT2D eigenvalue weighted by atomic mass is 9.85. The minimum Gasteiger partial charge on any atom is -0.354 e. The van der Waals surface area contributed by atoms with Gasteiger partial charge in [-0.1, -0.05) is 31.4 Å². The highest BCUT2D eigenvalue weighted by Gasteiger charge is 2.47. The van der Waals surface area contributed by atoms with Crippen LogP contribution in [0, 0.1) is 17.8 Å². The van der Waals surface area contributed by atoms with Gasteiger partial charge >= 0.3 is 0 Å². The third-order valence-electron chi connectivity index (χ3n) is 5.21. The van der Waals surface area contributed by atoms with Crippen molar-refractivity contribution in [3.8, 4) is 0 Å². The Labute approximate surface area is 131 Å². The first-order valence-corrected chi connectivity index (χ1v) is 8.43. The number of nitrogens with zero attached hydrogens (tertiary/aromatic N) is 1. The van der Waals surface area contributed by atoms with Crippen LogP contribution in [-0.4, -0.2) is 35.7 Å². The number of carbonyl (C=O) groups is 3. The molecule has 0 spiro atoms. The van der Waals surface area contributed by atoms with Gasteiger partial charge in [-0.3, -0.25) is 19.3 Å². The first kappa shape index (κ1) is 15.3. The van der Waals surface area contributed by atoms with Crippen molar-refractivity contribution in [2.24, 2.45) is 17.8 Å². The Morgan fingerprint density at radius 2 is 1.64 bits per heavy atom. The summed E-state index contributed by atoms with van der Waals surface area (Å²) in [7, 11) is 0. The molecule has 1 aliphatic heterocycles. The first-order valence-electron chi connectivity index (χ1n) is 8.43. The van der Waals surface area contributed by atoms with E-state index < -0.39 is 0 Å². The SMILES string of the molecule is O=C(CN1C(=O)C2CC=CCC2C1=O)NCC1CCCCC1. The molecule has 120 valence electrons. The molecule has 2 fully saturated rings. The van der Waals surface area contributed by atoms with Crippen molar-refractivity contribution in [2.45, 2.75) is 44.9 Å². The van der Waals surface area contributed by atoms with E-state index >= 15 is 0 Å². The van der Waals surface area contributed by atoms with Crippen molar-refractivity contribution in [3.05, 3.63) is 12.2 Å². The molecule has 0 bridgehead atoms. The Hall–Kier alpha value is -1.65. The maximum absolute atomic E-state index is 12.3. The standard InChI is InChI=1S/C17H24N2O3/c20-15(18-10-12-6-2-1-3-7-12)11-19-16(21)13-8-4-5-9-14(13)17(19)22/h4-5,12-14H,1-3,6-11H2,(H,18,20). The molecule has 2 atom stereocenters. The van der Waals surface area contributed by atoms with Crippen LogP contribution in [0.5, 0.6) is 0 Å². The van der Waals surface area contributed by atoms with E-state index in [-0.39, 0.29) is 36.1 Å². The van der Waals surface area contributed by atoms with Crippen LogP contribution >= 0.6 is 0 Å². The quantitative estimate of drug-likeness (QED) is 0.634. The Bertz CT molecular complexity index is 468. The van der Waals surface area contributed by atoms with Crippen molar-refractivity contribution in [3.63, 3.8) is 0 Å². The second kappa shape index (κ2) is 6.63. The zero-order valence-corrected chi connectivity index (χ0v) is 12.9. The molecule has 3 rings (SSSR count). The van der Waals surface area contributed by atoms with Gasteiger partial charge < -0.3 is 5.32 Å². The molecule has 22 heavy (non-hydrogen) atoms. The molecule has 1 saturated heterocycles. The van der Waals surface area contributed by atoms with E-state index in [0.29, 0.717) is 25.3 Å². The fraction of sp³-hybridized carbons (Fsp3) is 0.706. The summed E-state index contributed by atoms with van der Waals surface area (Å²) in [4.78, 5) is 37.8. The van der Waals surface area contributed by atoms with Crippen molar-refractivity contribution in [1.29, 1.82) is 0 Å². The molecule has 1 saturated carbocycles. The summed E-state index contributed by atoms with van der Waals surface area (Å²) in [5.41, 5.74) is 0. The minimum absolute atomic E-state index is 0.114. The number of fused-ring (bicyclic) bond motifs is 1. The number of hydrogen-bond donors (Lipinski definition) is 1. The van der Waals surface area contributed by atoms with Gasteiger partial charge in [0.2, 0.25) is 17.7 Å². The third-order valence-corrected chi connectivity index (χ3v) is 5.21. The Balaban J connectivity index is 1.51. The predicted molar refractivity (Wildman–Crippen MR) is 81.7 cm³/mol. The van der Waals surface area contributed by atoms with E-state index in [2.05, 4.69) is 5.32 Å². The monoisotopic (exact) mass is 304 g/mol. The molecular formula is C17H24N2O3. The number of carbonyl (C=O) groups excluding carboxylic acids is 3. The molecule has 0 aromatic heterocycles. The van der Waals surface area contributed by atoms with Crippen LogP contribution in [0.1, 0.15) is 44.9 Å². The van der Waals surface area contributed by atoms with Crippen LogP contribution in [0.25, 0.3) is 0 Å². The highest BCUT2D eigenvalue weighted by atomic mass is 16.2. The maximum Gasteiger partial charge on any atom is 0.240 e. The highest BCUT2D eigenvalue weighted by molar-refractivity contribution is 6.07. The average Bonchev–Trinajstić information content (AvgIpc) is 2.79. The molecule has 5 heteroatoms. The van der Waals surface area contributed by atoms with Crippen LogP contribution in [0.2, 0.25) is 0 Å². The van der Waals surface area contributed by atoms with Crippen molar-refractivity contribution in [2.75, 3.05) is 13.1 Å². The van der Waals surface area contributed by atoms with Crippen molar-refractivity contribution in [1.82, 2.24) is 10.2 Å². The molecule has 0 aromatic carbocycles. The van der Waals surface area contributed by atoms with Gasteiger partial charge in [0.1, 0.15) is 6.54 Å². The molecule has 5 nitrogen and oxygen atoms in total. The second-order valence-corrected chi connectivity index (χ2v) is 6.73. The Kier molecular flexibility index (Phi) is 4.60. The van der Waals surface area contributed by atoms with E-state index in [9.17, 15) is 14.4 Å². The fourth-order valence-electron chi connectivity index (χ4n) is 3.87. The number of imide groups is 1. The Morgan fingerprint density at radius 3 is 2.23 bits per heavy atom. The van der Waals surface area contributed by atoms with Gasteiger partial charge in [-0.2, -0.15) is 0 Å². The second-order valence-electron chi connectivity index (χ2n) is 6.73. The van der Waals surface area contributed by atoms with Gasteiger partial charge in [-0.25, -0.2) is 0 Å². The molecule has 3 amide bonds. The topological polar surface area (TPSA) is 66.5 Å². The van der Waals surface area contributed by atoms with Crippen LogP contribution in [0.15, 0.2) is 12.2 Å². The van der Waals surface area contributed by atoms with E-state index in [1.54, 1.807) is 0 Å². The van der Waals surface area contributed by atoms with Gasteiger partial charge in [0.15, 0.2) is 0 Å². The summed E-state index contributed by atoms with van der Waals surface area (Å²) in [5.74, 6) is -0.500. The fourth-order valence-corrected chi connectivity index (χ4v) is 3.87. The molecule has 1 heterocycles. The molecule has 2 aliphatic carbocycles. The predicted octanol–water partition coefficient (Wildman–Crippen LogP) is 1.63. The van der Waals surface area contributed by atoms with E-state index in [1.807, 2.05) is 12.2 Å². The summed E-state index contributed by atoms with van der Waals surface area (Å²) >= 11 is 0. The molecule has 1 N–H and O–H groups in total. The van der Waals surface area contributed by atoms with E-state index in [1.165, 1.54) is 24.2 Å². The summed E-state index contributed by atoms with van der Waals surface area (Å²) in [5, 5.41) is 2.90.